The molecule has 1 atom stereocenters. The van der Waals surface area contributed by atoms with Gasteiger partial charge in [0, 0.05) is 25.6 Å². The highest BCUT2D eigenvalue weighted by atomic mass is 32.2. The number of hydrogen-bond acceptors (Lipinski definition) is 4. The Kier molecular flexibility index (Phi) is 5.05. The van der Waals surface area contributed by atoms with E-state index in [1.807, 2.05) is 6.92 Å². The van der Waals surface area contributed by atoms with Crippen molar-refractivity contribution in [2.24, 2.45) is 0 Å². The highest BCUT2D eigenvalue weighted by molar-refractivity contribution is 7.88. The molecule has 6 nitrogen and oxygen atoms in total. The van der Waals surface area contributed by atoms with Crippen molar-refractivity contribution in [3.63, 3.8) is 0 Å². The highest BCUT2D eigenvalue weighted by Crippen LogP contribution is 2.20. The first-order chi connectivity index (χ1) is 9.90. The van der Waals surface area contributed by atoms with Gasteiger partial charge in [0.25, 0.3) is 5.91 Å². The van der Waals surface area contributed by atoms with Crippen LogP contribution in [0, 0.1) is 0 Å². The predicted octanol–water partition coefficient (Wildman–Crippen LogP) is 1.39. The molecule has 2 rings (SSSR count). The van der Waals surface area contributed by atoms with Gasteiger partial charge in [-0.25, -0.2) is 13.1 Å². The number of nitrogens with zero attached hydrogens (tertiary/aromatic N) is 1. The number of aryl methyl sites for hydroxylation is 1. The zero-order valence-corrected chi connectivity index (χ0v) is 13.3. The quantitative estimate of drug-likeness (QED) is 0.890. The van der Waals surface area contributed by atoms with Gasteiger partial charge in [0.05, 0.1) is 6.26 Å². The Bertz CT molecular complexity index is 594. The van der Waals surface area contributed by atoms with E-state index >= 15 is 0 Å². The molecule has 0 aliphatic carbocycles. The van der Waals surface area contributed by atoms with Gasteiger partial charge in [0.1, 0.15) is 5.76 Å². The lowest BCUT2D eigenvalue weighted by molar-refractivity contribution is 0.0584. The van der Waals surface area contributed by atoms with E-state index in [1.165, 1.54) is 0 Å². The Morgan fingerprint density at radius 1 is 1.43 bits per heavy atom. The number of furan rings is 1. The third kappa shape index (κ3) is 4.31. The topological polar surface area (TPSA) is 79.6 Å². The third-order valence-corrected chi connectivity index (χ3v) is 4.38. The van der Waals surface area contributed by atoms with Crippen molar-refractivity contribution in [3.8, 4) is 0 Å². The molecule has 0 radical (unpaired) electrons. The molecule has 0 saturated carbocycles. The van der Waals surface area contributed by atoms with Crippen LogP contribution >= 0.6 is 0 Å². The molecule has 1 aliphatic rings. The van der Waals surface area contributed by atoms with Gasteiger partial charge in [0.2, 0.25) is 10.0 Å². The molecule has 1 aliphatic heterocycles. The molecule has 118 valence electrons. The fraction of sp³-hybridized carbons (Fsp3) is 0.643. The van der Waals surface area contributed by atoms with Crippen LogP contribution in [0.3, 0.4) is 0 Å². The minimum atomic E-state index is -3.25. The van der Waals surface area contributed by atoms with Crippen LogP contribution in [0.25, 0.3) is 0 Å². The third-order valence-electron chi connectivity index (χ3n) is 3.69. The summed E-state index contributed by atoms with van der Waals surface area (Å²) in [6.07, 6.45) is 4.60. The summed E-state index contributed by atoms with van der Waals surface area (Å²) in [6, 6.07) is 3.38. The Morgan fingerprint density at radius 2 is 2.19 bits per heavy atom. The fourth-order valence-electron chi connectivity index (χ4n) is 2.55. The van der Waals surface area contributed by atoms with E-state index in [0.717, 1.165) is 37.7 Å². The Hall–Kier alpha value is -1.34. The van der Waals surface area contributed by atoms with E-state index < -0.39 is 10.0 Å². The summed E-state index contributed by atoms with van der Waals surface area (Å²) >= 11 is 0. The van der Waals surface area contributed by atoms with Gasteiger partial charge in [-0.2, -0.15) is 0 Å². The van der Waals surface area contributed by atoms with Crippen molar-refractivity contribution in [3.05, 3.63) is 23.7 Å². The van der Waals surface area contributed by atoms with Crippen LogP contribution in [0.5, 0.6) is 0 Å². The minimum Gasteiger partial charge on any atom is -0.456 e. The van der Waals surface area contributed by atoms with Crippen molar-refractivity contribution in [1.29, 1.82) is 0 Å². The molecule has 1 amide bonds. The minimum absolute atomic E-state index is 0.115. The smallest absolute Gasteiger partial charge is 0.289 e. The lowest BCUT2D eigenvalue weighted by atomic mass is 10.0. The van der Waals surface area contributed by atoms with E-state index in [4.69, 9.17) is 4.42 Å². The molecular formula is C14H22N2O4S. The molecule has 1 aromatic rings. The van der Waals surface area contributed by atoms with Gasteiger partial charge in [-0.05, 0) is 31.4 Å². The van der Waals surface area contributed by atoms with Crippen LogP contribution in [0.4, 0.5) is 0 Å². The van der Waals surface area contributed by atoms with Crippen LogP contribution < -0.4 is 4.72 Å². The second-order valence-corrected chi connectivity index (χ2v) is 7.22. The van der Waals surface area contributed by atoms with E-state index in [9.17, 15) is 13.2 Å². The Balaban J connectivity index is 2.08. The molecule has 0 bridgehead atoms. The van der Waals surface area contributed by atoms with E-state index in [2.05, 4.69) is 4.72 Å². The van der Waals surface area contributed by atoms with Gasteiger partial charge in [0.15, 0.2) is 5.76 Å². The molecule has 0 unspecified atom stereocenters. The van der Waals surface area contributed by atoms with Crippen molar-refractivity contribution < 1.29 is 17.6 Å². The van der Waals surface area contributed by atoms with Crippen LogP contribution in [-0.4, -0.2) is 44.6 Å². The average Bonchev–Trinajstić information content (AvgIpc) is 2.93. The van der Waals surface area contributed by atoms with Gasteiger partial charge in [-0.3, -0.25) is 4.79 Å². The second kappa shape index (κ2) is 6.62. The van der Waals surface area contributed by atoms with E-state index in [1.54, 1.807) is 17.0 Å². The summed E-state index contributed by atoms with van der Waals surface area (Å²) in [6.45, 7) is 2.86. The number of nitrogens with one attached hydrogen (secondary N) is 1. The number of carbonyl (C=O) groups excluding carboxylic acids is 1. The van der Waals surface area contributed by atoms with Crippen molar-refractivity contribution in [2.75, 3.05) is 19.3 Å². The first-order valence-electron chi connectivity index (χ1n) is 7.25. The number of likely N-dealkylation sites (tertiary alicyclic amines) is 1. The monoisotopic (exact) mass is 314 g/mol. The number of hydrogen-bond donors (Lipinski definition) is 1. The van der Waals surface area contributed by atoms with Gasteiger partial charge in [-0.15, -0.1) is 0 Å². The standard InChI is InChI=1S/C14H22N2O4S/c1-3-12-7-8-13(20-12)14(17)16-9-5-4-6-11(16)10-15-21(2,18)19/h7-8,11,15H,3-6,9-10H2,1-2H3/t11-/m0/s1. The zero-order valence-electron chi connectivity index (χ0n) is 12.5. The molecular weight excluding hydrogens is 292 g/mol. The summed E-state index contributed by atoms with van der Waals surface area (Å²) in [7, 11) is -3.25. The first-order valence-corrected chi connectivity index (χ1v) is 9.14. The maximum absolute atomic E-state index is 12.5. The van der Waals surface area contributed by atoms with E-state index in [-0.39, 0.29) is 18.5 Å². The first kappa shape index (κ1) is 16.0. The van der Waals surface area contributed by atoms with Crippen LogP contribution in [0.2, 0.25) is 0 Å². The molecule has 0 aromatic carbocycles. The highest BCUT2D eigenvalue weighted by Gasteiger charge is 2.29. The molecule has 1 saturated heterocycles. The van der Waals surface area contributed by atoms with Gasteiger partial charge >= 0.3 is 0 Å². The average molecular weight is 314 g/mol. The van der Waals surface area contributed by atoms with Gasteiger partial charge in [-0.1, -0.05) is 6.92 Å². The van der Waals surface area contributed by atoms with Crippen LogP contribution in [0.15, 0.2) is 16.5 Å². The predicted molar refractivity (Wildman–Crippen MR) is 79.6 cm³/mol. The SMILES string of the molecule is CCc1ccc(C(=O)N2CCCC[C@H]2CNS(C)(=O)=O)o1. The van der Waals surface area contributed by atoms with Crippen molar-refractivity contribution in [2.45, 2.75) is 38.6 Å². The Morgan fingerprint density at radius 3 is 2.81 bits per heavy atom. The van der Waals surface area contributed by atoms with E-state index in [0.29, 0.717) is 12.3 Å². The second-order valence-electron chi connectivity index (χ2n) is 5.39. The largest absolute Gasteiger partial charge is 0.456 e. The molecule has 1 aromatic heterocycles. The lowest BCUT2D eigenvalue weighted by Crippen LogP contribution is -2.49. The number of piperidine rings is 1. The molecule has 1 N–H and O–H groups in total. The molecule has 0 spiro atoms. The molecule has 2 heterocycles. The maximum Gasteiger partial charge on any atom is 0.289 e. The van der Waals surface area contributed by atoms with Crippen molar-refractivity contribution in [1.82, 2.24) is 9.62 Å². The summed E-state index contributed by atoms with van der Waals surface area (Å²) in [4.78, 5) is 14.2. The summed E-state index contributed by atoms with van der Waals surface area (Å²) in [5.74, 6) is 0.953. The number of amides is 1. The van der Waals surface area contributed by atoms with Gasteiger partial charge < -0.3 is 9.32 Å². The van der Waals surface area contributed by atoms with Crippen LogP contribution in [0.1, 0.15) is 42.5 Å². The zero-order chi connectivity index (χ0) is 15.5. The maximum atomic E-state index is 12.5. The molecule has 1 fully saturated rings. The Labute approximate surface area is 125 Å². The number of carbonyl (C=O) groups is 1. The van der Waals surface area contributed by atoms with Crippen molar-refractivity contribution >= 4 is 15.9 Å². The summed E-state index contributed by atoms with van der Waals surface area (Å²) in [5.41, 5.74) is 0. The number of sulfonamides is 1. The van der Waals surface area contributed by atoms with Crippen LogP contribution in [-0.2, 0) is 16.4 Å². The lowest BCUT2D eigenvalue weighted by Gasteiger charge is -2.35. The fourth-order valence-corrected chi connectivity index (χ4v) is 3.05. The normalized spacial score (nSPS) is 19.7. The summed E-state index contributed by atoms with van der Waals surface area (Å²) in [5, 5.41) is 0. The molecule has 7 heteroatoms. The number of rotatable bonds is 5. The molecule has 21 heavy (non-hydrogen) atoms. The summed E-state index contributed by atoms with van der Waals surface area (Å²) < 4.78 is 30.5.